The topological polar surface area (TPSA) is 62.2 Å². The van der Waals surface area contributed by atoms with Gasteiger partial charge in [-0.3, -0.25) is 5.32 Å². The van der Waals surface area contributed by atoms with E-state index in [0.717, 1.165) is 43.5 Å². The van der Waals surface area contributed by atoms with Crippen molar-refractivity contribution in [3.05, 3.63) is 11.8 Å². The zero-order valence-electron chi connectivity index (χ0n) is 15.6. The molecule has 140 valence electrons. The first kappa shape index (κ1) is 18.6. The van der Waals surface area contributed by atoms with Gasteiger partial charge in [0, 0.05) is 37.3 Å². The van der Waals surface area contributed by atoms with Crippen molar-refractivity contribution in [2.24, 2.45) is 0 Å². The molecule has 0 spiro atoms. The van der Waals surface area contributed by atoms with Crippen LogP contribution in [0.1, 0.15) is 51.3 Å². The zero-order chi connectivity index (χ0) is 17.8. The number of anilines is 1. The zero-order valence-corrected chi connectivity index (χ0v) is 16.4. The molecule has 3 heterocycles. The lowest BCUT2D eigenvalue weighted by Crippen LogP contribution is -2.49. The molecular formula is C18H31N5OS. The molecule has 7 heteroatoms. The number of nitrogens with zero attached hydrogens (tertiary/aromatic N) is 3. The number of aromatic nitrogens is 2. The fourth-order valence-electron chi connectivity index (χ4n) is 3.80. The van der Waals surface area contributed by atoms with Crippen molar-refractivity contribution < 1.29 is 4.79 Å². The molecule has 0 saturated carbocycles. The van der Waals surface area contributed by atoms with Gasteiger partial charge in [-0.15, -0.1) is 0 Å². The molecule has 2 fully saturated rings. The maximum atomic E-state index is 12.4. The van der Waals surface area contributed by atoms with E-state index in [2.05, 4.69) is 46.2 Å². The maximum Gasteiger partial charge on any atom is 0.320 e. The van der Waals surface area contributed by atoms with Gasteiger partial charge in [-0.25, -0.2) is 9.48 Å². The molecule has 2 aliphatic heterocycles. The van der Waals surface area contributed by atoms with Gasteiger partial charge in [0.2, 0.25) is 0 Å². The van der Waals surface area contributed by atoms with Crippen LogP contribution >= 0.6 is 11.8 Å². The van der Waals surface area contributed by atoms with E-state index in [4.69, 9.17) is 0 Å². The van der Waals surface area contributed by atoms with Crippen LogP contribution in [0.4, 0.5) is 10.6 Å². The van der Waals surface area contributed by atoms with Crippen LogP contribution in [0.15, 0.2) is 6.07 Å². The maximum absolute atomic E-state index is 12.4. The molecule has 0 aromatic carbocycles. The number of rotatable bonds is 4. The highest BCUT2D eigenvalue weighted by molar-refractivity contribution is 7.99. The van der Waals surface area contributed by atoms with Crippen LogP contribution in [0, 0.1) is 6.92 Å². The lowest BCUT2D eigenvalue weighted by Gasteiger charge is -2.39. The molecule has 3 rings (SSSR count). The van der Waals surface area contributed by atoms with Crippen LogP contribution in [0.25, 0.3) is 0 Å². The number of thioether (sulfide) groups is 1. The van der Waals surface area contributed by atoms with E-state index >= 15 is 0 Å². The second-order valence-corrected chi connectivity index (χ2v) is 8.69. The van der Waals surface area contributed by atoms with E-state index in [0.29, 0.717) is 0 Å². The number of carbonyl (C=O) groups is 1. The van der Waals surface area contributed by atoms with Crippen LogP contribution in [-0.2, 0) is 0 Å². The molecule has 1 aromatic heterocycles. The van der Waals surface area contributed by atoms with Crippen molar-refractivity contribution >= 4 is 23.6 Å². The lowest BCUT2D eigenvalue weighted by atomic mass is 10.0. The van der Waals surface area contributed by atoms with E-state index in [1.54, 1.807) is 0 Å². The minimum Gasteiger partial charge on any atom is -0.335 e. The molecular weight excluding hydrogens is 334 g/mol. The Bertz CT molecular complexity index is 574. The first-order valence-electron chi connectivity index (χ1n) is 9.48. The first-order chi connectivity index (χ1) is 12.0. The van der Waals surface area contributed by atoms with Gasteiger partial charge < -0.3 is 10.2 Å². The second-order valence-electron chi connectivity index (χ2n) is 7.46. The number of hydrogen-bond acceptors (Lipinski definition) is 4. The first-order valence-corrected chi connectivity index (χ1v) is 10.6. The third-order valence-corrected chi connectivity index (χ3v) is 6.21. The summed E-state index contributed by atoms with van der Waals surface area (Å²) < 4.78 is 1.86. The number of aryl methyl sites for hydroxylation is 1. The fourth-order valence-corrected chi connectivity index (χ4v) is 4.88. The van der Waals surface area contributed by atoms with E-state index in [9.17, 15) is 4.79 Å². The summed E-state index contributed by atoms with van der Waals surface area (Å²) in [6.07, 6.45) is 4.72. The van der Waals surface area contributed by atoms with Gasteiger partial charge in [0.05, 0.1) is 5.69 Å². The summed E-state index contributed by atoms with van der Waals surface area (Å²) in [5.41, 5.74) is 0.919. The molecule has 2 N–H and O–H groups in total. The minimum atomic E-state index is -0.116. The van der Waals surface area contributed by atoms with Crippen molar-refractivity contribution in [3.63, 3.8) is 0 Å². The van der Waals surface area contributed by atoms with Gasteiger partial charge in [-0.2, -0.15) is 16.9 Å². The number of likely N-dealkylation sites (tertiary alicyclic amines) is 1. The van der Waals surface area contributed by atoms with Gasteiger partial charge in [-0.05, 0) is 58.0 Å². The third kappa shape index (κ3) is 4.91. The Hall–Kier alpha value is -1.21. The van der Waals surface area contributed by atoms with Gasteiger partial charge >= 0.3 is 6.03 Å². The SMILES string of the molecule is Cc1cc(NC(=O)NC2CCN(C3CCSCC3)CC2)n(C(C)C)n1. The fraction of sp³-hybridized carbons (Fsp3) is 0.778. The van der Waals surface area contributed by atoms with E-state index in [1.165, 1.54) is 24.3 Å². The highest BCUT2D eigenvalue weighted by Gasteiger charge is 2.27. The van der Waals surface area contributed by atoms with Crippen molar-refractivity contribution in [2.45, 2.75) is 64.6 Å². The average molecular weight is 366 g/mol. The molecule has 2 aliphatic rings. The second kappa shape index (κ2) is 8.45. The van der Waals surface area contributed by atoms with Crippen molar-refractivity contribution in [1.29, 1.82) is 0 Å². The van der Waals surface area contributed by atoms with E-state index in [1.807, 2.05) is 17.7 Å². The average Bonchev–Trinajstić information content (AvgIpc) is 2.97. The predicted octanol–water partition coefficient (Wildman–Crippen LogP) is 3.25. The van der Waals surface area contributed by atoms with Gasteiger partial charge in [0.25, 0.3) is 0 Å². The molecule has 0 unspecified atom stereocenters. The standard InChI is InChI=1S/C18H31N5OS/c1-13(2)23-17(12-14(3)21-23)20-18(24)19-15-4-8-22(9-5-15)16-6-10-25-11-7-16/h12-13,15-16H,4-11H2,1-3H3,(H2,19,20,24). The van der Waals surface area contributed by atoms with Crippen molar-refractivity contribution in [1.82, 2.24) is 20.0 Å². The smallest absolute Gasteiger partial charge is 0.320 e. The van der Waals surface area contributed by atoms with Gasteiger partial charge in [0.1, 0.15) is 5.82 Å². The largest absolute Gasteiger partial charge is 0.335 e. The molecule has 0 aliphatic carbocycles. The number of carbonyl (C=O) groups excluding carboxylic acids is 1. The summed E-state index contributed by atoms with van der Waals surface area (Å²) >= 11 is 2.08. The molecule has 0 radical (unpaired) electrons. The quantitative estimate of drug-likeness (QED) is 0.860. The number of nitrogens with one attached hydrogen (secondary N) is 2. The van der Waals surface area contributed by atoms with Gasteiger partial charge in [0.15, 0.2) is 0 Å². The molecule has 25 heavy (non-hydrogen) atoms. The highest BCUT2D eigenvalue weighted by Crippen LogP contribution is 2.24. The summed E-state index contributed by atoms with van der Waals surface area (Å²) in [4.78, 5) is 15.0. The Balaban J connectivity index is 1.46. The monoisotopic (exact) mass is 365 g/mol. The van der Waals surface area contributed by atoms with Crippen LogP contribution in [-0.4, -0.2) is 57.4 Å². The molecule has 2 amide bonds. The Morgan fingerprint density at radius 1 is 1.24 bits per heavy atom. The number of urea groups is 1. The molecule has 0 bridgehead atoms. The summed E-state index contributed by atoms with van der Waals surface area (Å²) in [5.74, 6) is 3.37. The summed E-state index contributed by atoms with van der Waals surface area (Å²) in [6.45, 7) is 8.28. The Kier molecular flexibility index (Phi) is 6.28. The van der Waals surface area contributed by atoms with Crippen LogP contribution in [0.3, 0.4) is 0 Å². The van der Waals surface area contributed by atoms with Crippen molar-refractivity contribution in [3.8, 4) is 0 Å². The Morgan fingerprint density at radius 2 is 1.92 bits per heavy atom. The minimum absolute atomic E-state index is 0.116. The summed E-state index contributed by atoms with van der Waals surface area (Å²) in [7, 11) is 0. The van der Waals surface area contributed by atoms with Crippen LogP contribution < -0.4 is 10.6 Å². The van der Waals surface area contributed by atoms with Crippen LogP contribution in [0.2, 0.25) is 0 Å². The highest BCUT2D eigenvalue weighted by atomic mass is 32.2. The number of piperidine rings is 1. The van der Waals surface area contributed by atoms with Crippen LogP contribution in [0.5, 0.6) is 0 Å². The summed E-state index contributed by atoms with van der Waals surface area (Å²) in [5, 5.41) is 10.6. The normalized spacial score (nSPS) is 20.8. The third-order valence-electron chi connectivity index (χ3n) is 5.16. The number of amides is 2. The molecule has 0 atom stereocenters. The molecule has 2 saturated heterocycles. The Labute approximate surface area is 155 Å². The van der Waals surface area contributed by atoms with Crippen molar-refractivity contribution in [2.75, 3.05) is 29.9 Å². The van der Waals surface area contributed by atoms with Gasteiger partial charge in [-0.1, -0.05) is 0 Å². The Morgan fingerprint density at radius 3 is 2.56 bits per heavy atom. The van der Waals surface area contributed by atoms with E-state index in [-0.39, 0.29) is 18.1 Å². The molecule has 6 nitrogen and oxygen atoms in total. The number of hydrogen-bond donors (Lipinski definition) is 2. The predicted molar refractivity (Wildman–Crippen MR) is 104 cm³/mol. The summed E-state index contributed by atoms with van der Waals surface area (Å²) in [6, 6.07) is 3.06. The molecule has 1 aromatic rings. The van der Waals surface area contributed by atoms with E-state index < -0.39 is 0 Å². The lowest BCUT2D eigenvalue weighted by molar-refractivity contribution is 0.138.